The summed E-state index contributed by atoms with van der Waals surface area (Å²) >= 11 is 3.68. The zero-order chi connectivity index (χ0) is 21.5. The van der Waals surface area contributed by atoms with Gasteiger partial charge in [-0.25, -0.2) is 14.6 Å². The van der Waals surface area contributed by atoms with E-state index in [2.05, 4.69) is 87.4 Å². The Bertz CT molecular complexity index is 944. The molecular weight excluding hydrogens is 440 g/mol. The van der Waals surface area contributed by atoms with Crippen LogP contribution in [0.25, 0.3) is 11.2 Å². The van der Waals surface area contributed by atoms with Crippen LogP contribution in [0, 0.1) is 5.92 Å². The summed E-state index contributed by atoms with van der Waals surface area (Å²) in [4.78, 5) is 8.93. The van der Waals surface area contributed by atoms with Crippen molar-refractivity contribution >= 4 is 38.6 Å². The van der Waals surface area contributed by atoms with Gasteiger partial charge in [-0.05, 0) is 58.3 Å². The molecule has 1 aromatic carbocycles. The molecule has 0 aliphatic rings. The molecule has 3 aromatic rings. The minimum absolute atomic E-state index is 0.481. The van der Waals surface area contributed by atoms with Gasteiger partial charge in [0.25, 0.3) is 0 Å². The van der Waals surface area contributed by atoms with Gasteiger partial charge in [0.15, 0.2) is 17.0 Å². The van der Waals surface area contributed by atoms with Crippen LogP contribution in [-0.4, -0.2) is 25.0 Å². The lowest BCUT2D eigenvalue weighted by Crippen LogP contribution is -2.13. The molecule has 1 N–H and O–H groups in total. The quantitative estimate of drug-likeness (QED) is 0.330. The Labute approximate surface area is 188 Å². The van der Waals surface area contributed by atoms with E-state index < -0.39 is 0 Å². The molecule has 0 spiro atoms. The van der Waals surface area contributed by atoms with E-state index in [9.17, 15) is 0 Å². The molecule has 0 unspecified atom stereocenters. The molecule has 3 rings (SSSR count). The highest BCUT2D eigenvalue weighted by molar-refractivity contribution is 9.10. The van der Waals surface area contributed by atoms with E-state index in [0.29, 0.717) is 23.2 Å². The fraction of sp³-hybridized carbons (Fsp3) is 0.565. The second-order valence-electron chi connectivity index (χ2n) is 8.34. The first-order chi connectivity index (χ1) is 14.5. The van der Waals surface area contributed by atoms with Crippen molar-refractivity contribution in [2.24, 2.45) is 5.92 Å². The van der Waals surface area contributed by atoms with Gasteiger partial charge in [-0.1, -0.05) is 64.7 Å². The molecule has 0 saturated carbocycles. The normalized spacial score (nSPS) is 11.7. The maximum absolute atomic E-state index is 4.49. The Balaban J connectivity index is 1.82. The number of halogens is 1. The lowest BCUT2D eigenvalue weighted by atomic mass is 9.96. The number of hydrogen-bond acceptors (Lipinski definition) is 5. The lowest BCUT2D eigenvalue weighted by molar-refractivity contribution is 0.352. The smallest absolute Gasteiger partial charge is 0.183 e. The first-order valence-electron chi connectivity index (χ1n) is 11.1. The zero-order valence-corrected chi connectivity index (χ0v) is 20.1. The molecule has 6 nitrogen and oxygen atoms in total. The molecule has 2 heterocycles. The van der Waals surface area contributed by atoms with E-state index in [1.807, 2.05) is 4.68 Å². The van der Waals surface area contributed by atoms with Crippen LogP contribution in [0.15, 0.2) is 29.0 Å². The number of benzene rings is 1. The molecule has 2 aromatic heterocycles. The molecule has 7 heteroatoms. The van der Waals surface area contributed by atoms with Crippen molar-refractivity contribution in [2.75, 3.05) is 5.32 Å². The van der Waals surface area contributed by atoms with Gasteiger partial charge in [0.05, 0.1) is 5.69 Å². The SMILES string of the molecule is CCCCC(CCCC)Cn1nnc2c(Nc3ccc(C(C)C)cc3Br)ncnc21. The van der Waals surface area contributed by atoms with E-state index in [0.717, 1.165) is 22.4 Å². The minimum atomic E-state index is 0.481. The number of rotatable bonds is 11. The number of nitrogens with zero attached hydrogens (tertiary/aromatic N) is 5. The fourth-order valence-corrected chi connectivity index (χ4v) is 4.18. The lowest BCUT2D eigenvalue weighted by Gasteiger charge is -2.16. The van der Waals surface area contributed by atoms with Gasteiger partial charge >= 0.3 is 0 Å². The van der Waals surface area contributed by atoms with Crippen molar-refractivity contribution < 1.29 is 0 Å². The van der Waals surface area contributed by atoms with Crippen LogP contribution in [0.1, 0.15) is 77.7 Å². The maximum Gasteiger partial charge on any atom is 0.183 e. The van der Waals surface area contributed by atoms with Gasteiger partial charge in [0, 0.05) is 11.0 Å². The molecular formula is C23H33BrN6. The van der Waals surface area contributed by atoms with Crippen molar-refractivity contribution in [3.05, 3.63) is 34.6 Å². The molecule has 0 fully saturated rings. The Hall–Kier alpha value is -2.02. The van der Waals surface area contributed by atoms with Crippen molar-refractivity contribution in [1.29, 1.82) is 0 Å². The van der Waals surface area contributed by atoms with Gasteiger partial charge in [-0.2, -0.15) is 0 Å². The van der Waals surface area contributed by atoms with Crippen LogP contribution in [-0.2, 0) is 6.54 Å². The monoisotopic (exact) mass is 472 g/mol. The Morgan fingerprint density at radius 2 is 1.80 bits per heavy atom. The standard InChI is InChI=1S/C23H33BrN6/c1-5-7-9-17(10-8-6-2)14-30-23-21(28-29-30)22(25-15-26-23)27-20-12-11-18(16(3)4)13-19(20)24/h11-13,15-17H,5-10,14H2,1-4H3,(H,25,26,27). The number of aromatic nitrogens is 5. The third kappa shape index (κ3) is 5.56. The van der Waals surface area contributed by atoms with Crippen LogP contribution < -0.4 is 5.32 Å². The van der Waals surface area contributed by atoms with Gasteiger partial charge in [-0.3, -0.25) is 0 Å². The number of anilines is 2. The topological polar surface area (TPSA) is 68.5 Å². The van der Waals surface area contributed by atoms with Crippen molar-refractivity contribution in [3.63, 3.8) is 0 Å². The summed E-state index contributed by atoms with van der Waals surface area (Å²) in [6.07, 6.45) is 9.00. The van der Waals surface area contributed by atoms with E-state index in [-0.39, 0.29) is 0 Å². The number of nitrogens with one attached hydrogen (secondary N) is 1. The zero-order valence-electron chi connectivity index (χ0n) is 18.5. The van der Waals surface area contributed by atoms with Crippen LogP contribution >= 0.6 is 15.9 Å². The molecule has 0 radical (unpaired) electrons. The van der Waals surface area contributed by atoms with Crippen molar-refractivity contribution in [3.8, 4) is 0 Å². The molecule has 0 bridgehead atoms. The third-order valence-corrected chi connectivity index (χ3v) is 6.23. The molecule has 0 amide bonds. The predicted molar refractivity (Wildman–Crippen MR) is 127 cm³/mol. The fourth-order valence-electron chi connectivity index (χ4n) is 3.68. The average molecular weight is 473 g/mol. The second-order valence-corrected chi connectivity index (χ2v) is 9.19. The van der Waals surface area contributed by atoms with Gasteiger partial charge in [0.1, 0.15) is 6.33 Å². The summed E-state index contributed by atoms with van der Waals surface area (Å²) in [5.74, 6) is 1.77. The molecule has 0 aliphatic carbocycles. The molecule has 0 aliphatic heterocycles. The molecule has 162 valence electrons. The van der Waals surface area contributed by atoms with E-state index in [4.69, 9.17) is 0 Å². The summed E-state index contributed by atoms with van der Waals surface area (Å²) in [6.45, 7) is 9.74. The highest BCUT2D eigenvalue weighted by atomic mass is 79.9. The Morgan fingerprint density at radius 1 is 1.07 bits per heavy atom. The van der Waals surface area contributed by atoms with Gasteiger partial charge in [0.2, 0.25) is 0 Å². The van der Waals surface area contributed by atoms with Gasteiger partial charge in [-0.15, -0.1) is 5.10 Å². The largest absolute Gasteiger partial charge is 0.337 e. The summed E-state index contributed by atoms with van der Waals surface area (Å²) in [5.41, 5.74) is 3.75. The minimum Gasteiger partial charge on any atom is -0.337 e. The molecule has 0 saturated heterocycles. The first-order valence-corrected chi connectivity index (χ1v) is 11.9. The van der Waals surface area contributed by atoms with Crippen molar-refractivity contribution in [1.82, 2.24) is 25.0 Å². The van der Waals surface area contributed by atoms with Gasteiger partial charge < -0.3 is 5.32 Å². The highest BCUT2D eigenvalue weighted by Crippen LogP contribution is 2.30. The van der Waals surface area contributed by atoms with E-state index >= 15 is 0 Å². The Kier molecular flexibility index (Phi) is 8.19. The van der Waals surface area contributed by atoms with Crippen molar-refractivity contribution in [2.45, 2.75) is 78.7 Å². The maximum atomic E-state index is 4.49. The summed E-state index contributed by atoms with van der Waals surface area (Å²) in [7, 11) is 0. The first kappa shape index (κ1) is 22.7. The summed E-state index contributed by atoms with van der Waals surface area (Å²) in [6, 6.07) is 6.36. The second kappa shape index (κ2) is 10.8. The van der Waals surface area contributed by atoms with E-state index in [1.165, 1.54) is 44.1 Å². The highest BCUT2D eigenvalue weighted by Gasteiger charge is 2.16. The molecule has 30 heavy (non-hydrogen) atoms. The predicted octanol–water partition coefficient (Wildman–Crippen LogP) is 6.85. The van der Waals surface area contributed by atoms with Crippen LogP contribution in [0.5, 0.6) is 0 Å². The van der Waals surface area contributed by atoms with Crippen LogP contribution in [0.4, 0.5) is 11.5 Å². The summed E-state index contributed by atoms with van der Waals surface area (Å²) in [5, 5.41) is 12.2. The number of hydrogen-bond donors (Lipinski definition) is 1. The third-order valence-electron chi connectivity index (χ3n) is 5.58. The number of fused-ring (bicyclic) bond motifs is 1. The van der Waals surface area contributed by atoms with Crippen LogP contribution in [0.3, 0.4) is 0 Å². The average Bonchev–Trinajstić information content (AvgIpc) is 3.15. The van der Waals surface area contributed by atoms with Crippen LogP contribution in [0.2, 0.25) is 0 Å². The molecule has 0 atom stereocenters. The summed E-state index contributed by atoms with van der Waals surface area (Å²) < 4.78 is 2.96. The van der Waals surface area contributed by atoms with E-state index in [1.54, 1.807) is 6.33 Å². The Morgan fingerprint density at radius 3 is 2.43 bits per heavy atom. The number of unbranched alkanes of at least 4 members (excludes halogenated alkanes) is 2.